The van der Waals surface area contributed by atoms with Gasteiger partial charge in [-0.3, -0.25) is 0 Å². The molecule has 0 fully saturated rings. The van der Waals surface area contributed by atoms with Crippen molar-refractivity contribution in [2.45, 2.75) is 19.9 Å². The SMILES string of the molecule is Cc1c2c(n(C)c1C(=O)O)CNCC2. The van der Waals surface area contributed by atoms with Gasteiger partial charge >= 0.3 is 5.97 Å². The van der Waals surface area contributed by atoms with Crippen molar-refractivity contribution in [1.82, 2.24) is 9.88 Å². The minimum absolute atomic E-state index is 0.429. The summed E-state index contributed by atoms with van der Waals surface area (Å²) in [5.74, 6) is -0.834. The summed E-state index contributed by atoms with van der Waals surface area (Å²) in [6.07, 6.45) is 0.933. The predicted octanol–water partition coefficient (Wildman–Crippen LogP) is 0.677. The minimum atomic E-state index is -0.834. The van der Waals surface area contributed by atoms with Crippen LogP contribution in [0.25, 0.3) is 0 Å². The number of nitrogens with one attached hydrogen (secondary N) is 1. The lowest BCUT2D eigenvalue weighted by Gasteiger charge is -2.15. The Kier molecular flexibility index (Phi) is 2.07. The number of nitrogens with zero attached hydrogens (tertiary/aromatic N) is 1. The van der Waals surface area contributed by atoms with Gasteiger partial charge in [0.05, 0.1) is 0 Å². The molecule has 0 aliphatic carbocycles. The second kappa shape index (κ2) is 3.13. The molecule has 1 aromatic heterocycles. The van der Waals surface area contributed by atoms with Gasteiger partial charge in [-0.25, -0.2) is 4.79 Å². The highest BCUT2D eigenvalue weighted by Crippen LogP contribution is 2.24. The van der Waals surface area contributed by atoms with E-state index in [1.165, 1.54) is 5.56 Å². The van der Waals surface area contributed by atoms with Crippen LogP contribution in [0.4, 0.5) is 0 Å². The van der Waals surface area contributed by atoms with Gasteiger partial charge in [-0.1, -0.05) is 0 Å². The van der Waals surface area contributed by atoms with Crippen molar-refractivity contribution in [3.05, 3.63) is 22.5 Å². The highest BCUT2D eigenvalue weighted by molar-refractivity contribution is 5.88. The van der Waals surface area contributed by atoms with Crippen LogP contribution in [0.15, 0.2) is 0 Å². The first-order valence-corrected chi connectivity index (χ1v) is 4.74. The van der Waals surface area contributed by atoms with E-state index in [0.29, 0.717) is 5.69 Å². The van der Waals surface area contributed by atoms with Crippen molar-refractivity contribution in [3.8, 4) is 0 Å². The lowest BCUT2D eigenvalue weighted by atomic mass is 10.0. The lowest BCUT2D eigenvalue weighted by Crippen LogP contribution is -2.24. The third kappa shape index (κ3) is 1.14. The Balaban J connectivity index is 2.63. The molecular formula is C10H14N2O2. The third-order valence-electron chi connectivity index (χ3n) is 2.94. The van der Waals surface area contributed by atoms with E-state index in [1.807, 2.05) is 14.0 Å². The van der Waals surface area contributed by atoms with Gasteiger partial charge in [0.2, 0.25) is 0 Å². The molecule has 76 valence electrons. The van der Waals surface area contributed by atoms with E-state index in [1.54, 1.807) is 4.57 Å². The maximum atomic E-state index is 11.0. The molecule has 0 spiro atoms. The molecule has 2 heterocycles. The number of hydrogen-bond donors (Lipinski definition) is 2. The fourth-order valence-electron chi connectivity index (χ4n) is 2.23. The van der Waals surface area contributed by atoms with Crippen molar-refractivity contribution in [2.24, 2.45) is 7.05 Å². The first-order chi connectivity index (χ1) is 6.63. The molecule has 14 heavy (non-hydrogen) atoms. The van der Waals surface area contributed by atoms with Gasteiger partial charge in [0.15, 0.2) is 0 Å². The van der Waals surface area contributed by atoms with Gasteiger partial charge in [0.25, 0.3) is 0 Å². The molecule has 2 N–H and O–H groups in total. The van der Waals surface area contributed by atoms with E-state index in [2.05, 4.69) is 5.32 Å². The monoisotopic (exact) mass is 194 g/mol. The molecule has 0 amide bonds. The van der Waals surface area contributed by atoms with E-state index in [0.717, 1.165) is 30.8 Å². The molecule has 0 radical (unpaired) electrons. The first kappa shape index (κ1) is 9.27. The van der Waals surface area contributed by atoms with Gasteiger partial charge in [0.1, 0.15) is 5.69 Å². The van der Waals surface area contributed by atoms with Crippen LogP contribution in [0.2, 0.25) is 0 Å². The van der Waals surface area contributed by atoms with Gasteiger partial charge in [0, 0.05) is 19.3 Å². The molecule has 0 bridgehead atoms. The van der Waals surface area contributed by atoms with E-state index < -0.39 is 5.97 Å². The quantitative estimate of drug-likeness (QED) is 0.691. The van der Waals surface area contributed by atoms with Crippen molar-refractivity contribution in [3.63, 3.8) is 0 Å². The molecule has 0 unspecified atom stereocenters. The van der Waals surface area contributed by atoms with Gasteiger partial charge < -0.3 is 15.0 Å². The number of rotatable bonds is 1. The number of aromatic carboxylic acids is 1. The Hall–Kier alpha value is -1.29. The molecule has 2 rings (SSSR count). The number of carboxylic acids is 1. The fraction of sp³-hybridized carbons (Fsp3) is 0.500. The smallest absolute Gasteiger partial charge is 0.352 e. The number of carboxylic acid groups (broad SMARTS) is 1. The summed E-state index contributed by atoms with van der Waals surface area (Å²) in [6.45, 7) is 3.62. The number of hydrogen-bond acceptors (Lipinski definition) is 2. The van der Waals surface area contributed by atoms with E-state index in [9.17, 15) is 4.79 Å². The zero-order chi connectivity index (χ0) is 10.3. The molecule has 1 aromatic rings. The summed E-state index contributed by atoms with van der Waals surface area (Å²) in [4.78, 5) is 11.0. The number of fused-ring (bicyclic) bond motifs is 1. The average Bonchev–Trinajstić information content (AvgIpc) is 2.41. The summed E-state index contributed by atoms with van der Waals surface area (Å²) in [5.41, 5.74) is 3.69. The second-order valence-electron chi connectivity index (χ2n) is 3.69. The average molecular weight is 194 g/mol. The van der Waals surface area contributed by atoms with Crippen molar-refractivity contribution in [1.29, 1.82) is 0 Å². The predicted molar refractivity (Wildman–Crippen MR) is 52.5 cm³/mol. The van der Waals surface area contributed by atoms with E-state index in [-0.39, 0.29) is 0 Å². The van der Waals surface area contributed by atoms with Crippen LogP contribution in [0.1, 0.15) is 27.3 Å². The van der Waals surface area contributed by atoms with Crippen LogP contribution in [0.3, 0.4) is 0 Å². The summed E-state index contributed by atoms with van der Waals surface area (Å²) in [5, 5.41) is 12.3. The molecule has 0 aromatic carbocycles. The number of carbonyl (C=O) groups is 1. The molecule has 4 heteroatoms. The van der Waals surface area contributed by atoms with Crippen LogP contribution in [-0.2, 0) is 20.0 Å². The van der Waals surface area contributed by atoms with Crippen LogP contribution in [0.5, 0.6) is 0 Å². The van der Waals surface area contributed by atoms with Crippen LogP contribution in [-0.4, -0.2) is 22.2 Å². The van der Waals surface area contributed by atoms with E-state index in [4.69, 9.17) is 5.11 Å². The Labute approximate surface area is 82.5 Å². The van der Waals surface area contributed by atoms with E-state index >= 15 is 0 Å². The Morgan fingerprint density at radius 2 is 2.29 bits per heavy atom. The number of aromatic nitrogens is 1. The van der Waals surface area contributed by atoms with Gasteiger partial charge in [-0.05, 0) is 31.0 Å². The maximum Gasteiger partial charge on any atom is 0.352 e. The van der Waals surface area contributed by atoms with Crippen LogP contribution in [0, 0.1) is 6.92 Å². The first-order valence-electron chi connectivity index (χ1n) is 4.74. The Morgan fingerprint density at radius 1 is 1.57 bits per heavy atom. The summed E-state index contributed by atoms with van der Waals surface area (Å²) in [6, 6.07) is 0. The zero-order valence-corrected chi connectivity index (χ0v) is 8.42. The standard InChI is InChI=1S/C10H14N2O2/c1-6-7-3-4-11-5-8(7)12(2)9(6)10(13)14/h11H,3-5H2,1-2H3,(H,13,14). The topological polar surface area (TPSA) is 54.3 Å². The van der Waals surface area contributed by atoms with Crippen LogP contribution < -0.4 is 5.32 Å². The molecule has 1 aliphatic heterocycles. The molecule has 0 atom stereocenters. The van der Waals surface area contributed by atoms with Crippen molar-refractivity contribution < 1.29 is 9.90 Å². The molecule has 0 saturated carbocycles. The largest absolute Gasteiger partial charge is 0.477 e. The van der Waals surface area contributed by atoms with Crippen molar-refractivity contribution in [2.75, 3.05) is 6.54 Å². The Morgan fingerprint density at radius 3 is 2.86 bits per heavy atom. The fourth-order valence-corrected chi connectivity index (χ4v) is 2.23. The maximum absolute atomic E-state index is 11.0. The highest BCUT2D eigenvalue weighted by Gasteiger charge is 2.23. The zero-order valence-electron chi connectivity index (χ0n) is 8.42. The van der Waals surface area contributed by atoms with Crippen molar-refractivity contribution >= 4 is 5.97 Å². The lowest BCUT2D eigenvalue weighted by molar-refractivity contribution is 0.0685. The third-order valence-corrected chi connectivity index (χ3v) is 2.94. The molecular weight excluding hydrogens is 180 g/mol. The van der Waals surface area contributed by atoms with Gasteiger partial charge in [-0.15, -0.1) is 0 Å². The molecule has 1 aliphatic rings. The second-order valence-corrected chi connectivity index (χ2v) is 3.69. The molecule has 0 saturated heterocycles. The molecule has 4 nitrogen and oxygen atoms in total. The van der Waals surface area contributed by atoms with Crippen LogP contribution >= 0.6 is 0 Å². The normalized spacial score (nSPS) is 15.3. The highest BCUT2D eigenvalue weighted by atomic mass is 16.4. The Bertz CT molecular complexity index is 364. The summed E-state index contributed by atoms with van der Waals surface area (Å²) < 4.78 is 1.79. The van der Waals surface area contributed by atoms with Gasteiger partial charge in [-0.2, -0.15) is 0 Å². The summed E-state index contributed by atoms with van der Waals surface area (Å²) >= 11 is 0. The summed E-state index contributed by atoms with van der Waals surface area (Å²) in [7, 11) is 1.82. The minimum Gasteiger partial charge on any atom is -0.477 e.